The smallest absolute Gasteiger partial charge is 0.320 e. The molecule has 0 bridgehead atoms. The number of carbonyl (C=O) groups is 1. The SMILES string of the molecule is Cc1nc2ccc(-c3cc(C)c4c(c3)CN(C(=O)N3CCCC3C)CCO4)cc2[nH]1. The first-order chi connectivity index (χ1) is 14.5. The molecule has 3 heterocycles. The summed E-state index contributed by atoms with van der Waals surface area (Å²) in [6, 6.07) is 11.1. The number of ether oxygens (including phenoxy) is 1. The molecule has 1 unspecified atom stereocenters. The van der Waals surface area contributed by atoms with Crippen LogP contribution >= 0.6 is 0 Å². The molecular weight excluding hydrogens is 376 g/mol. The lowest BCUT2D eigenvalue weighted by atomic mass is 9.98. The Labute approximate surface area is 176 Å². The maximum Gasteiger partial charge on any atom is 0.320 e. The van der Waals surface area contributed by atoms with E-state index in [1.54, 1.807) is 0 Å². The summed E-state index contributed by atoms with van der Waals surface area (Å²) in [6.45, 7) is 8.77. The second-order valence-electron chi connectivity index (χ2n) is 8.57. The number of aromatic nitrogens is 2. The third-order valence-electron chi connectivity index (χ3n) is 6.32. The largest absolute Gasteiger partial charge is 0.491 e. The van der Waals surface area contributed by atoms with E-state index < -0.39 is 0 Å². The second-order valence-corrected chi connectivity index (χ2v) is 8.57. The van der Waals surface area contributed by atoms with E-state index in [4.69, 9.17) is 4.74 Å². The Kier molecular flexibility index (Phi) is 4.65. The number of benzene rings is 2. The van der Waals surface area contributed by atoms with Crippen LogP contribution in [0.4, 0.5) is 4.79 Å². The van der Waals surface area contributed by atoms with Gasteiger partial charge in [0.2, 0.25) is 0 Å². The van der Waals surface area contributed by atoms with E-state index in [-0.39, 0.29) is 6.03 Å². The molecule has 5 rings (SSSR count). The fourth-order valence-corrected chi connectivity index (χ4v) is 4.76. The van der Waals surface area contributed by atoms with Crippen molar-refractivity contribution in [3.8, 4) is 16.9 Å². The van der Waals surface area contributed by atoms with Crippen LogP contribution in [0.25, 0.3) is 22.2 Å². The number of nitrogens with one attached hydrogen (secondary N) is 1. The number of nitrogens with zero attached hydrogens (tertiary/aromatic N) is 3. The summed E-state index contributed by atoms with van der Waals surface area (Å²) >= 11 is 0. The van der Waals surface area contributed by atoms with Gasteiger partial charge in [-0.3, -0.25) is 0 Å². The Morgan fingerprint density at radius 2 is 2.03 bits per heavy atom. The van der Waals surface area contributed by atoms with Crippen molar-refractivity contribution in [2.45, 2.75) is 46.2 Å². The molecule has 1 saturated heterocycles. The van der Waals surface area contributed by atoms with Gasteiger partial charge in [0.25, 0.3) is 0 Å². The fourth-order valence-electron chi connectivity index (χ4n) is 4.76. The van der Waals surface area contributed by atoms with Gasteiger partial charge in [-0.05, 0) is 74.6 Å². The summed E-state index contributed by atoms with van der Waals surface area (Å²) in [6.07, 6.45) is 2.18. The molecule has 0 aliphatic carbocycles. The minimum Gasteiger partial charge on any atom is -0.491 e. The van der Waals surface area contributed by atoms with Gasteiger partial charge in [0.15, 0.2) is 0 Å². The summed E-state index contributed by atoms with van der Waals surface area (Å²) in [7, 11) is 0. The minimum atomic E-state index is 0.133. The van der Waals surface area contributed by atoms with Gasteiger partial charge in [0.05, 0.1) is 24.1 Å². The van der Waals surface area contributed by atoms with Crippen LogP contribution < -0.4 is 4.74 Å². The van der Waals surface area contributed by atoms with Gasteiger partial charge in [-0.25, -0.2) is 9.78 Å². The van der Waals surface area contributed by atoms with Gasteiger partial charge >= 0.3 is 6.03 Å². The number of aromatic amines is 1. The molecule has 30 heavy (non-hydrogen) atoms. The van der Waals surface area contributed by atoms with Gasteiger partial charge < -0.3 is 19.5 Å². The summed E-state index contributed by atoms with van der Waals surface area (Å²) in [5.74, 6) is 1.83. The molecule has 0 radical (unpaired) electrons. The average molecular weight is 405 g/mol. The van der Waals surface area contributed by atoms with Crippen LogP contribution in [0.2, 0.25) is 0 Å². The number of carbonyl (C=O) groups excluding carboxylic acids is 1. The third-order valence-corrected chi connectivity index (χ3v) is 6.32. The summed E-state index contributed by atoms with van der Waals surface area (Å²) in [4.78, 5) is 24.9. The maximum absolute atomic E-state index is 13.1. The van der Waals surface area contributed by atoms with Crippen molar-refractivity contribution in [1.82, 2.24) is 19.8 Å². The van der Waals surface area contributed by atoms with Gasteiger partial charge in [-0.15, -0.1) is 0 Å². The van der Waals surface area contributed by atoms with Gasteiger partial charge in [0.1, 0.15) is 18.2 Å². The zero-order valence-electron chi connectivity index (χ0n) is 17.9. The Bertz CT molecular complexity index is 1120. The highest BCUT2D eigenvalue weighted by molar-refractivity contribution is 5.82. The Morgan fingerprint density at radius 3 is 2.83 bits per heavy atom. The molecule has 2 aliphatic heterocycles. The minimum absolute atomic E-state index is 0.133. The second kappa shape index (κ2) is 7.35. The van der Waals surface area contributed by atoms with Gasteiger partial charge in [0, 0.05) is 18.2 Å². The first-order valence-electron chi connectivity index (χ1n) is 10.8. The van der Waals surface area contributed by atoms with Crippen LogP contribution in [-0.4, -0.2) is 51.5 Å². The average Bonchev–Trinajstić information content (AvgIpc) is 3.24. The van der Waals surface area contributed by atoms with E-state index in [0.29, 0.717) is 25.7 Å². The van der Waals surface area contributed by atoms with Gasteiger partial charge in [-0.2, -0.15) is 0 Å². The van der Waals surface area contributed by atoms with Crippen LogP contribution in [0.3, 0.4) is 0 Å². The molecule has 1 fully saturated rings. The molecule has 6 nitrogen and oxygen atoms in total. The Balaban J connectivity index is 1.49. The third kappa shape index (κ3) is 3.30. The molecule has 1 atom stereocenters. The first kappa shape index (κ1) is 19.0. The number of urea groups is 1. The molecule has 1 N–H and O–H groups in total. The standard InChI is InChI=1S/C24H28N4O2/c1-15-11-19(18-6-7-21-22(13-18)26-17(3)25-21)12-20-14-27(9-10-30-23(15)20)24(29)28-8-4-5-16(28)2/h6-7,11-13,16H,4-5,8-10,14H2,1-3H3,(H,25,26). The van der Waals surface area contributed by atoms with Crippen LogP contribution in [0.15, 0.2) is 30.3 Å². The van der Waals surface area contributed by atoms with Crippen molar-refractivity contribution in [2.75, 3.05) is 19.7 Å². The summed E-state index contributed by atoms with van der Waals surface area (Å²) in [5.41, 5.74) is 6.45. The number of aryl methyl sites for hydroxylation is 2. The van der Waals surface area contributed by atoms with Crippen molar-refractivity contribution in [3.63, 3.8) is 0 Å². The number of amides is 2. The summed E-state index contributed by atoms with van der Waals surface area (Å²) < 4.78 is 6.08. The highest BCUT2D eigenvalue weighted by Gasteiger charge is 2.30. The molecule has 2 amide bonds. The fraction of sp³-hybridized carbons (Fsp3) is 0.417. The highest BCUT2D eigenvalue weighted by Crippen LogP contribution is 2.34. The van der Waals surface area contributed by atoms with E-state index in [0.717, 1.165) is 64.2 Å². The van der Waals surface area contributed by atoms with Crippen LogP contribution in [-0.2, 0) is 6.54 Å². The molecule has 0 spiro atoms. The number of rotatable bonds is 1. The molecule has 2 aliphatic rings. The van der Waals surface area contributed by atoms with E-state index in [1.165, 1.54) is 0 Å². The molecular formula is C24H28N4O2. The first-order valence-corrected chi connectivity index (χ1v) is 10.8. The number of likely N-dealkylation sites (tertiary alicyclic amines) is 1. The van der Waals surface area contributed by atoms with Crippen molar-refractivity contribution in [3.05, 3.63) is 47.3 Å². The Morgan fingerprint density at radius 1 is 1.17 bits per heavy atom. The monoisotopic (exact) mass is 404 g/mol. The van der Waals surface area contributed by atoms with E-state index in [2.05, 4.69) is 54.1 Å². The molecule has 3 aromatic rings. The van der Waals surface area contributed by atoms with Crippen molar-refractivity contribution >= 4 is 17.1 Å². The van der Waals surface area contributed by atoms with E-state index in [9.17, 15) is 4.79 Å². The number of H-pyrrole nitrogens is 1. The molecule has 1 aromatic heterocycles. The molecule has 2 aromatic carbocycles. The Hall–Kier alpha value is -3.02. The zero-order chi connectivity index (χ0) is 20.8. The maximum atomic E-state index is 13.1. The van der Waals surface area contributed by atoms with Crippen molar-refractivity contribution in [1.29, 1.82) is 0 Å². The topological polar surface area (TPSA) is 61.5 Å². The van der Waals surface area contributed by atoms with Gasteiger partial charge in [-0.1, -0.05) is 6.07 Å². The van der Waals surface area contributed by atoms with E-state index in [1.807, 2.05) is 16.7 Å². The predicted octanol–water partition coefficient (Wildman–Crippen LogP) is 4.65. The lowest BCUT2D eigenvalue weighted by Gasteiger charge is -2.29. The zero-order valence-corrected chi connectivity index (χ0v) is 17.9. The lowest BCUT2D eigenvalue weighted by molar-refractivity contribution is 0.143. The van der Waals surface area contributed by atoms with Crippen molar-refractivity contribution in [2.24, 2.45) is 0 Å². The molecule has 156 valence electrons. The molecule has 6 heteroatoms. The number of hydrogen-bond donors (Lipinski definition) is 1. The predicted molar refractivity (Wildman–Crippen MR) is 118 cm³/mol. The lowest BCUT2D eigenvalue weighted by Crippen LogP contribution is -2.45. The van der Waals surface area contributed by atoms with Crippen LogP contribution in [0.1, 0.15) is 36.7 Å². The molecule has 0 saturated carbocycles. The van der Waals surface area contributed by atoms with E-state index >= 15 is 0 Å². The number of hydrogen-bond acceptors (Lipinski definition) is 3. The van der Waals surface area contributed by atoms with Crippen LogP contribution in [0.5, 0.6) is 5.75 Å². The highest BCUT2D eigenvalue weighted by atomic mass is 16.5. The number of fused-ring (bicyclic) bond motifs is 2. The van der Waals surface area contributed by atoms with Crippen LogP contribution in [0, 0.1) is 13.8 Å². The van der Waals surface area contributed by atoms with Crippen molar-refractivity contribution < 1.29 is 9.53 Å². The quantitative estimate of drug-likeness (QED) is 0.642. The normalized spacial score (nSPS) is 19.0. The summed E-state index contributed by atoms with van der Waals surface area (Å²) in [5, 5.41) is 0. The number of imidazole rings is 1.